The highest BCUT2D eigenvalue weighted by molar-refractivity contribution is 7.80. The average Bonchev–Trinajstić information content (AvgIpc) is 3.62. The number of nitrogens with zero attached hydrogens (tertiary/aromatic N) is 4. The second kappa shape index (κ2) is 16.0. The van der Waals surface area contributed by atoms with Crippen molar-refractivity contribution < 1.29 is 64.5 Å². The number of nitrogens with one attached hydrogen (secondary N) is 1. The highest BCUT2D eigenvalue weighted by Crippen LogP contribution is 2.45. The van der Waals surface area contributed by atoms with Crippen LogP contribution >= 0.6 is 12.6 Å². The van der Waals surface area contributed by atoms with Crippen molar-refractivity contribution in [1.82, 2.24) is 20.0 Å². The number of carboxylic acid groups (broad SMARTS) is 1. The van der Waals surface area contributed by atoms with Crippen molar-refractivity contribution in [3.8, 4) is 17.0 Å². The Labute approximate surface area is 313 Å². The SMILES string of the molecule is CN1N(Cc2ccc(OCCC[C@@H](CS)C(=O)O)c(F)c2F)C(=O)C(C(=O)Nc2ccc(C(F)(F)F)cc2-c2cc(C(F)(F)F)ncn2)=C(O)C12CCCC2. The van der Waals surface area contributed by atoms with E-state index in [-0.39, 0.29) is 43.6 Å². The number of rotatable bonds is 12. The second-order valence-electron chi connectivity index (χ2n) is 12.9. The maximum atomic E-state index is 15.5. The van der Waals surface area contributed by atoms with Crippen molar-refractivity contribution in [3.63, 3.8) is 0 Å². The number of anilines is 1. The van der Waals surface area contributed by atoms with Crippen molar-refractivity contribution in [1.29, 1.82) is 0 Å². The molecule has 1 aromatic heterocycles. The topological polar surface area (TPSA) is 145 Å². The van der Waals surface area contributed by atoms with Crippen LogP contribution in [0.25, 0.3) is 11.3 Å². The third kappa shape index (κ3) is 8.48. The number of carboxylic acids is 1. The van der Waals surface area contributed by atoms with Gasteiger partial charge >= 0.3 is 18.3 Å². The molecule has 1 spiro atoms. The third-order valence-electron chi connectivity index (χ3n) is 9.56. The largest absolute Gasteiger partial charge is 0.509 e. The number of aliphatic carboxylic acids is 1. The van der Waals surface area contributed by atoms with E-state index < -0.39 is 105 Å². The zero-order chi connectivity index (χ0) is 40.5. The van der Waals surface area contributed by atoms with Crippen LogP contribution in [0.1, 0.15) is 55.3 Å². The molecule has 2 heterocycles. The minimum absolute atomic E-state index is 0.0691. The Bertz CT molecular complexity index is 2000. The molecule has 2 aromatic carbocycles. The first-order chi connectivity index (χ1) is 25.8. The number of amides is 2. The Morgan fingerprint density at radius 3 is 2.33 bits per heavy atom. The van der Waals surface area contributed by atoms with Gasteiger partial charge in [0.05, 0.1) is 41.6 Å². The number of halogens is 8. The minimum Gasteiger partial charge on any atom is -0.509 e. The summed E-state index contributed by atoms with van der Waals surface area (Å²) in [7, 11) is 1.40. The summed E-state index contributed by atoms with van der Waals surface area (Å²) in [6.45, 7) is -0.813. The van der Waals surface area contributed by atoms with E-state index in [0.29, 0.717) is 37.4 Å². The molecule has 1 saturated carbocycles. The smallest absolute Gasteiger partial charge is 0.433 e. The van der Waals surface area contributed by atoms with Crippen LogP contribution in [0.3, 0.4) is 0 Å². The van der Waals surface area contributed by atoms with Crippen LogP contribution in [0.15, 0.2) is 54.1 Å². The molecule has 1 atom stereocenters. The molecule has 2 aliphatic rings. The van der Waals surface area contributed by atoms with Gasteiger partial charge in [0.2, 0.25) is 5.82 Å². The summed E-state index contributed by atoms with van der Waals surface area (Å²) in [5, 5.41) is 25.1. The standard InChI is InChI=1S/C35H33F8N5O6S/c1-47-33(10-2-3-11-33)29(49)26(31(51)48(47)15-18-6-9-24(28(37)27(18)36)54-12-4-5-19(16-55)32(52)53)30(50)46-22-8-7-20(34(38,39)40)13-21(22)23-14-25(35(41,42)43)45-17-44-23/h6-9,13-14,17,19,49,55H,2-5,10-12,15-16H2,1H3,(H,46,50)(H,52,53)/t19-/m0/s1. The number of aromatic nitrogens is 2. The van der Waals surface area contributed by atoms with Crippen molar-refractivity contribution >= 4 is 36.1 Å². The van der Waals surface area contributed by atoms with Crippen LogP contribution < -0.4 is 10.1 Å². The normalized spacial score (nSPS) is 16.8. The van der Waals surface area contributed by atoms with Gasteiger partial charge in [0.1, 0.15) is 23.4 Å². The predicted molar refractivity (Wildman–Crippen MR) is 181 cm³/mol. The number of carbonyl (C=O) groups excluding carboxylic acids is 2. The first-order valence-corrected chi connectivity index (χ1v) is 17.3. The molecule has 2 amide bonds. The van der Waals surface area contributed by atoms with Gasteiger partial charge in [0, 0.05) is 23.9 Å². The molecule has 1 aliphatic carbocycles. The fourth-order valence-corrected chi connectivity index (χ4v) is 6.88. The Kier molecular flexibility index (Phi) is 12.0. The summed E-state index contributed by atoms with van der Waals surface area (Å²) in [5.41, 5.74) is -7.20. The molecule has 5 rings (SSSR count). The van der Waals surface area contributed by atoms with E-state index in [1.54, 1.807) is 0 Å². The van der Waals surface area contributed by atoms with E-state index in [1.165, 1.54) is 12.1 Å². The number of alkyl halides is 6. The number of thiol groups is 1. The lowest BCUT2D eigenvalue weighted by molar-refractivity contribution is -0.163. The number of hydrogen-bond donors (Lipinski definition) is 4. The van der Waals surface area contributed by atoms with Crippen molar-refractivity contribution in [2.45, 2.75) is 63.0 Å². The Morgan fingerprint density at radius 1 is 1.02 bits per heavy atom. The molecule has 0 radical (unpaired) electrons. The maximum Gasteiger partial charge on any atom is 0.433 e. The highest BCUT2D eigenvalue weighted by atomic mass is 32.1. The van der Waals surface area contributed by atoms with E-state index >= 15 is 8.78 Å². The molecule has 55 heavy (non-hydrogen) atoms. The van der Waals surface area contributed by atoms with Gasteiger partial charge in [-0.05, 0) is 56.0 Å². The number of hydrazine groups is 1. The molecule has 11 nitrogen and oxygen atoms in total. The molecule has 1 aliphatic heterocycles. The van der Waals surface area contributed by atoms with Gasteiger partial charge in [0.15, 0.2) is 11.6 Å². The molecule has 296 valence electrons. The van der Waals surface area contributed by atoms with E-state index in [4.69, 9.17) is 9.84 Å². The lowest BCUT2D eigenvalue weighted by Crippen LogP contribution is -2.62. The van der Waals surface area contributed by atoms with Crippen molar-refractivity contribution in [3.05, 3.63) is 82.5 Å². The Balaban J connectivity index is 1.46. The van der Waals surface area contributed by atoms with Gasteiger partial charge < -0.3 is 20.3 Å². The number of benzene rings is 2. The summed E-state index contributed by atoms with van der Waals surface area (Å²) in [6, 6.07) is 4.35. The Hall–Kier alpha value is -4.98. The summed E-state index contributed by atoms with van der Waals surface area (Å²) in [6.07, 6.45) is -7.71. The zero-order valence-electron chi connectivity index (χ0n) is 28.8. The highest BCUT2D eigenvalue weighted by Gasteiger charge is 2.53. The van der Waals surface area contributed by atoms with Crippen LogP contribution in [-0.4, -0.2) is 72.9 Å². The van der Waals surface area contributed by atoms with Crippen LogP contribution in [0.5, 0.6) is 5.75 Å². The summed E-state index contributed by atoms with van der Waals surface area (Å²) in [5.74, 6) is -8.31. The number of aliphatic hydroxyl groups excluding tert-OH is 1. The van der Waals surface area contributed by atoms with Gasteiger partial charge in [-0.1, -0.05) is 18.9 Å². The van der Waals surface area contributed by atoms with Crippen LogP contribution in [0, 0.1) is 17.6 Å². The quantitative estimate of drug-likeness (QED) is 0.0647. The van der Waals surface area contributed by atoms with Crippen molar-refractivity contribution in [2.24, 2.45) is 5.92 Å². The molecule has 3 aromatic rings. The molecule has 0 saturated heterocycles. The number of carbonyl (C=O) groups is 3. The fourth-order valence-electron chi connectivity index (χ4n) is 6.54. The van der Waals surface area contributed by atoms with Crippen LogP contribution in [-0.2, 0) is 33.3 Å². The molecule has 0 unspecified atom stereocenters. The van der Waals surface area contributed by atoms with Gasteiger partial charge in [-0.2, -0.15) is 43.4 Å². The zero-order valence-corrected chi connectivity index (χ0v) is 29.7. The third-order valence-corrected chi connectivity index (χ3v) is 10.0. The van der Waals surface area contributed by atoms with Gasteiger partial charge in [-0.3, -0.25) is 19.4 Å². The maximum absolute atomic E-state index is 15.5. The van der Waals surface area contributed by atoms with E-state index in [2.05, 4.69) is 27.9 Å². The van der Waals surface area contributed by atoms with E-state index in [0.717, 1.165) is 23.2 Å². The number of likely N-dealkylation sites (N-methyl/N-ethyl adjacent to an activating group) is 1. The number of hydrogen-bond acceptors (Lipinski definition) is 9. The van der Waals surface area contributed by atoms with Gasteiger partial charge in [-0.25, -0.2) is 19.4 Å². The van der Waals surface area contributed by atoms with Gasteiger partial charge in [-0.15, -0.1) is 0 Å². The summed E-state index contributed by atoms with van der Waals surface area (Å²) in [4.78, 5) is 45.9. The summed E-state index contributed by atoms with van der Waals surface area (Å²) < 4.78 is 117. The minimum atomic E-state index is -5.01. The molecule has 0 bridgehead atoms. The molecular weight excluding hydrogens is 770 g/mol. The second-order valence-corrected chi connectivity index (χ2v) is 13.3. The molecule has 1 fully saturated rings. The first-order valence-electron chi connectivity index (χ1n) is 16.6. The fraction of sp³-hybridized carbons (Fsp3) is 0.400. The number of aliphatic hydroxyl groups is 1. The van der Waals surface area contributed by atoms with Gasteiger partial charge in [0.25, 0.3) is 11.8 Å². The van der Waals surface area contributed by atoms with Crippen LogP contribution in [0.4, 0.5) is 40.8 Å². The number of ether oxygens (including phenoxy) is 1. The van der Waals surface area contributed by atoms with Crippen molar-refractivity contribution in [2.75, 3.05) is 24.7 Å². The van der Waals surface area contributed by atoms with Crippen LogP contribution in [0.2, 0.25) is 0 Å². The lowest BCUT2D eigenvalue weighted by Gasteiger charge is -2.48. The first kappa shape index (κ1) is 41.2. The predicted octanol–water partition coefficient (Wildman–Crippen LogP) is 7.20. The Morgan fingerprint density at radius 2 is 1.71 bits per heavy atom. The van der Waals surface area contributed by atoms with E-state index in [9.17, 15) is 45.8 Å². The molecular formula is C35H33F8N5O6S. The molecule has 3 N–H and O–H groups in total. The molecule has 20 heteroatoms. The van der Waals surface area contributed by atoms with E-state index in [1.807, 2.05) is 0 Å². The average molecular weight is 804 g/mol. The lowest BCUT2D eigenvalue weighted by atomic mass is 9.88. The monoisotopic (exact) mass is 803 g/mol. The summed E-state index contributed by atoms with van der Waals surface area (Å²) >= 11 is 3.97.